The molecule has 21 heavy (non-hydrogen) atoms. The molecular weight excluding hydrogens is 264 g/mol. The van der Waals surface area contributed by atoms with Crippen molar-refractivity contribution in [2.24, 2.45) is 5.73 Å². The smallest absolute Gasteiger partial charge is 0.255 e. The number of nitrogens with zero attached hydrogens (tertiary/aromatic N) is 3. The molecule has 0 bridgehead atoms. The van der Waals surface area contributed by atoms with Crippen molar-refractivity contribution in [2.45, 2.75) is 32.7 Å². The summed E-state index contributed by atoms with van der Waals surface area (Å²) in [6, 6.07) is 4.19. The van der Waals surface area contributed by atoms with Gasteiger partial charge in [0.1, 0.15) is 0 Å². The van der Waals surface area contributed by atoms with Gasteiger partial charge in [0, 0.05) is 50.7 Å². The topological polar surface area (TPSA) is 62.5 Å². The minimum Gasteiger partial charge on any atom is -0.336 e. The molecule has 0 saturated carbocycles. The fourth-order valence-electron chi connectivity index (χ4n) is 2.85. The Labute approximate surface area is 127 Å². The van der Waals surface area contributed by atoms with Crippen LogP contribution in [0, 0.1) is 6.92 Å². The number of aromatic nitrogens is 1. The second-order valence-electron chi connectivity index (χ2n) is 5.69. The second-order valence-corrected chi connectivity index (χ2v) is 5.69. The van der Waals surface area contributed by atoms with Crippen molar-refractivity contribution in [3.63, 3.8) is 0 Å². The van der Waals surface area contributed by atoms with E-state index < -0.39 is 0 Å². The highest BCUT2D eigenvalue weighted by Crippen LogP contribution is 2.13. The Morgan fingerprint density at radius 3 is 2.57 bits per heavy atom. The molecule has 1 aliphatic heterocycles. The number of aryl methyl sites for hydroxylation is 1. The molecule has 1 unspecified atom stereocenters. The van der Waals surface area contributed by atoms with E-state index in [9.17, 15) is 4.79 Å². The van der Waals surface area contributed by atoms with Gasteiger partial charge in [0.15, 0.2) is 0 Å². The van der Waals surface area contributed by atoms with Gasteiger partial charge < -0.3 is 10.6 Å². The van der Waals surface area contributed by atoms with E-state index in [0.29, 0.717) is 18.2 Å². The summed E-state index contributed by atoms with van der Waals surface area (Å²) in [7, 11) is 0. The summed E-state index contributed by atoms with van der Waals surface area (Å²) in [6.07, 6.45) is 3.95. The van der Waals surface area contributed by atoms with Crippen LogP contribution in [-0.2, 0) is 0 Å². The number of carbonyl (C=O) groups is 1. The molecule has 0 aromatic carbocycles. The number of rotatable bonds is 5. The lowest BCUT2D eigenvalue weighted by molar-refractivity contribution is 0.0566. The van der Waals surface area contributed by atoms with Crippen molar-refractivity contribution < 1.29 is 4.79 Å². The maximum atomic E-state index is 12.4. The lowest BCUT2D eigenvalue weighted by Gasteiger charge is -2.39. The number of pyridine rings is 1. The fourth-order valence-corrected chi connectivity index (χ4v) is 2.85. The van der Waals surface area contributed by atoms with E-state index in [1.807, 2.05) is 24.0 Å². The second kappa shape index (κ2) is 7.52. The van der Waals surface area contributed by atoms with Crippen molar-refractivity contribution >= 4 is 5.91 Å². The Bertz CT molecular complexity index is 452. The Morgan fingerprint density at radius 2 is 2.05 bits per heavy atom. The first kappa shape index (κ1) is 15.9. The molecule has 1 aromatic heterocycles. The minimum atomic E-state index is 0.0851. The summed E-state index contributed by atoms with van der Waals surface area (Å²) in [5.41, 5.74) is 7.47. The van der Waals surface area contributed by atoms with E-state index in [1.165, 1.54) is 0 Å². The number of amides is 1. The number of carbonyl (C=O) groups excluding carboxylic acids is 1. The van der Waals surface area contributed by atoms with Gasteiger partial charge in [-0.05, 0) is 25.5 Å². The van der Waals surface area contributed by atoms with Crippen LogP contribution in [0.2, 0.25) is 0 Å². The number of piperazine rings is 1. The van der Waals surface area contributed by atoms with Crippen LogP contribution in [0.1, 0.15) is 35.8 Å². The van der Waals surface area contributed by atoms with Crippen molar-refractivity contribution in [2.75, 3.05) is 32.7 Å². The standard InChI is InChI=1S/C16H26N4O/c1-3-4-15(11-17)19-7-9-20(10-8-19)16(21)14-6-5-13(2)18-12-14/h5-6,12,15H,3-4,7-11,17H2,1-2H3. The van der Waals surface area contributed by atoms with Gasteiger partial charge in [0.2, 0.25) is 0 Å². The third kappa shape index (κ3) is 4.02. The summed E-state index contributed by atoms with van der Waals surface area (Å²) in [6.45, 7) is 8.17. The number of hydrogen-bond acceptors (Lipinski definition) is 4. The summed E-state index contributed by atoms with van der Waals surface area (Å²) in [5, 5.41) is 0. The molecule has 5 nitrogen and oxygen atoms in total. The average Bonchev–Trinajstić information content (AvgIpc) is 2.53. The van der Waals surface area contributed by atoms with Crippen molar-refractivity contribution in [1.82, 2.24) is 14.8 Å². The molecule has 2 heterocycles. The normalized spacial score (nSPS) is 17.8. The maximum absolute atomic E-state index is 12.4. The third-order valence-corrected chi connectivity index (χ3v) is 4.17. The minimum absolute atomic E-state index is 0.0851. The zero-order valence-electron chi connectivity index (χ0n) is 13.1. The molecule has 1 saturated heterocycles. The Kier molecular flexibility index (Phi) is 5.70. The largest absolute Gasteiger partial charge is 0.336 e. The molecule has 2 N–H and O–H groups in total. The van der Waals surface area contributed by atoms with Crippen LogP contribution >= 0.6 is 0 Å². The van der Waals surface area contributed by atoms with Gasteiger partial charge in [-0.1, -0.05) is 13.3 Å². The maximum Gasteiger partial charge on any atom is 0.255 e. The molecule has 1 aliphatic rings. The molecule has 1 atom stereocenters. The van der Waals surface area contributed by atoms with Crippen LogP contribution < -0.4 is 5.73 Å². The van der Waals surface area contributed by atoms with Crippen molar-refractivity contribution in [3.8, 4) is 0 Å². The highest BCUT2D eigenvalue weighted by molar-refractivity contribution is 5.94. The SMILES string of the molecule is CCCC(CN)N1CCN(C(=O)c2ccc(C)nc2)CC1. The van der Waals surface area contributed by atoms with Gasteiger partial charge >= 0.3 is 0 Å². The van der Waals surface area contributed by atoms with Crippen LogP contribution in [0.15, 0.2) is 18.3 Å². The number of nitrogens with two attached hydrogens (primary N) is 1. The van der Waals surface area contributed by atoms with E-state index in [-0.39, 0.29) is 5.91 Å². The van der Waals surface area contributed by atoms with Gasteiger partial charge in [-0.25, -0.2) is 0 Å². The summed E-state index contributed by atoms with van der Waals surface area (Å²) < 4.78 is 0. The molecule has 2 rings (SSSR count). The predicted molar refractivity (Wildman–Crippen MR) is 84.2 cm³/mol. The number of hydrogen-bond donors (Lipinski definition) is 1. The van der Waals surface area contributed by atoms with E-state index >= 15 is 0 Å². The lowest BCUT2D eigenvalue weighted by Crippen LogP contribution is -2.53. The van der Waals surface area contributed by atoms with Crippen molar-refractivity contribution in [1.29, 1.82) is 0 Å². The summed E-state index contributed by atoms with van der Waals surface area (Å²) in [5.74, 6) is 0.0851. The van der Waals surface area contributed by atoms with Crippen LogP contribution in [0.3, 0.4) is 0 Å². The van der Waals surface area contributed by atoms with Gasteiger partial charge in [0.25, 0.3) is 5.91 Å². The van der Waals surface area contributed by atoms with Gasteiger partial charge in [0.05, 0.1) is 5.56 Å². The van der Waals surface area contributed by atoms with Crippen LogP contribution in [0.25, 0.3) is 0 Å². The van der Waals surface area contributed by atoms with Gasteiger partial charge in [-0.3, -0.25) is 14.7 Å². The summed E-state index contributed by atoms with van der Waals surface area (Å²) in [4.78, 5) is 21.0. The molecule has 1 amide bonds. The van der Waals surface area contributed by atoms with E-state index in [2.05, 4.69) is 16.8 Å². The van der Waals surface area contributed by atoms with Crippen LogP contribution in [-0.4, -0.2) is 59.5 Å². The zero-order chi connectivity index (χ0) is 15.2. The molecule has 116 valence electrons. The molecule has 0 spiro atoms. The Hall–Kier alpha value is -1.46. The van der Waals surface area contributed by atoms with Crippen LogP contribution in [0.5, 0.6) is 0 Å². The highest BCUT2D eigenvalue weighted by Gasteiger charge is 2.25. The first-order chi connectivity index (χ1) is 10.2. The van der Waals surface area contributed by atoms with Crippen LogP contribution in [0.4, 0.5) is 0 Å². The molecule has 0 aliphatic carbocycles. The average molecular weight is 290 g/mol. The fraction of sp³-hybridized carbons (Fsp3) is 0.625. The van der Waals surface area contributed by atoms with E-state index in [1.54, 1.807) is 6.20 Å². The predicted octanol–water partition coefficient (Wildman–Crippen LogP) is 1.28. The first-order valence-electron chi connectivity index (χ1n) is 7.81. The molecule has 5 heteroatoms. The van der Waals surface area contributed by atoms with Gasteiger partial charge in [-0.2, -0.15) is 0 Å². The zero-order valence-corrected chi connectivity index (χ0v) is 13.1. The third-order valence-electron chi connectivity index (χ3n) is 4.17. The molecule has 1 aromatic rings. The molecular formula is C16H26N4O. The Morgan fingerprint density at radius 1 is 1.33 bits per heavy atom. The van der Waals surface area contributed by atoms with Crippen molar-refractivity contribution in [3.05, 3.63) is 29.6 Å². The Balaban J connectivity index is 1.91. The summed E-state index contributed by atoms with van der Waals surface area (Å²) >= 11 is 0. The molecule has 0 radical (unpaired) electrons. The van der Waals surface area contributed by atoms with Gasteiger partial charge in [-0.15, -0.1) is 0 Å². The van der Waals surface area contributed by atoms with E-state index in [0.717, 1.165) is 44.7 Å². The quantitative estimate of drug-likeness (QED) is 0.887. The highest BCUT2D eigenvalue weighted by atomic mass is 16.2. The molecule has 1 fully saturated rings. The first-order valence-corrected chi connectivity index (χ1v) is 7.81. The monoisotopic (exact) mass is 290 g/mol. The van der Waals surface area contributed by atoms with E-state index in [4.69, 9.17) is 5.73 Å². The lowest BCUT2D eigenvalue weighted by atomic mass is 10.1.